The Morgan fingerprint density at radius 1 is 1.25 bits per heavy atom. The molecule has 6 heteroatoms. The molecule has 1 aromatic carbocycles. The van der Waals surface area contributed by atoms with Crippen molar-refractivity contribution in [1.82, 2.24) is 0 Å². The molecule has 0 atom stereocenters. The van der Waals surface area contributed by atoms with Crippen molar-refractivity contribution >= 4 is 23.4 Å². The Morgan fingerprint density at radius 2 is 2.00 bits per heavy atom. The minimum absolute atomic E-state index is 0.0545. The Balaban J connectivity index is 1.70. The summed E-state index contributed by atoms with van der Waals surface area (Å²) >= 11 is 1.75. The monoisotopic (exact) mass is 346 g/mol. The second kappa shape index (κ2) is 8.29. The van der Waals surface area contributed by atoms with Crippen LogP contribution in [0.5, 0.6) is 11.5 Å². The Hall–Kier alpha value is -1.87. The molecule has 128 valence electrons. The molecular formula is C18H22N2O3S. The molecule has 0 bridgehead atoms. The van der Waals surface area contributed by atoms with Gasteiger partial charge in [-0.2, -0.15) is 5.26 Å². The molecule has 5 nitrogen and oxygen atoms in total. The van der Waals surface area contributed by atoms with Crippen molar-refractivity contribution in [2.24, 2.45) is 0 Å². The van der Waals surface area contributed by atoms with Crippen molar-refractivity contribution in [2.75, 3.05) is 30.4 Å². The summed E-state index contributed by atoms with van der Waals surface area (Å²) in [6.45, 7) is 1.46. The van der Waals surface area contributed by atoms with E-state index in [1.54, 1.807) is 16.7 Å². The summed E-state index contributed by atoms with van der Waals surface area (Å²) in [5.41, 5.74) is 0.770. The van der Waals surface area contributed by atoms with Gasteiger partial charge in [-0.3, -0.25) is 4.79 Å². The van der Waals surface area contributed by atoms with Crippen LogP contribution in [0.25, 0.3) is 0 Å². The van der Waals surface area contributed by atoms with E-state index in [-0.39, 0.29) is 5.91 Å². The highest BCUT2D eigenvalue weighted by atomic mass is 32.2. The third-order valence-electron chi connectivity index (χ3n) is 4.33. The lowest BCUT2D eigenvalue weighted by Gasteiger charge is -2.25. The molecule has 1 heterocycles. The average molecular weight is 346 g/mol. The highest BCUT2D eigenvalue weighted by Gasteiger charge is 2.22. The largest absolute Gasteiger partial charge is 0.486 e. The molecule has 1 aromatic rings. The first kappa shape index (κ1) is 17.0. The summed E-state index contributed by atoms with van der Waals surface area (Å²) < 4.78 is 11.1. The van der Waals surface area contributed by atoms with Crippen molar-refractivity contribution in [3.8, 4) is 17.6 Å². The lowest BCUT2D eigenvalue weighted by molar-refractivity contribution is -0.116. The number of nitriles is 1. The standard InChI is InChI=1S/C18H22N2O3S/c19-8-3-9-20(18(21)13-24-15-4-1-2-5-15)14-6-7-16-17(12-14)23-11-10-22-16/h6-7,12,15H,1-5,9-11,13H2. The maximum Gasteiger partial charge on any atom is 0.237 e. The molecule has 1 saturated carbocycles. The summed E-state index contributed by atoms with van der Waals surface area (Å²) in [7, 11) is 0. The van der Waals surface area contributed by atoms with Crippen LogP contribution >= 0.6 is 11.8 Å². The van der Waals surface area contributed by atoms with E-state index in [9.17, 15) is 4.79 Å². The van der Waals surface area contributed by atoms with E-state index in [0.29, 0.717) is 48.7 Å². The van der Waals surface area contributed by atoms with Crippen molar-refractivity contribution in [1.29, 1.82) is 5.26 Å². The smallest absolute Gasteiger partial charge is 0.237 e. The minimum Gasteiger partial charge on any atom is -0.486 e. The van der Waals surface area contributed by atoms with E-state index in [1.807, 2.05) is 18.2 Å². The van der Waals surface area contributed by atoms with Gasteiger partial charge in [0.25, 0.3) is 0 Å². The molecule has 24 heavy (non-hydrogen) atoms. The van der Waals surface area contributed by atoms with Crippen molar-refractivity contribution in [2.45, 2.75) is 37.4 Å². The Bertz CT molecular complexity index is 623. The molecule has 0 unspecified atom stereocenters. The SMILES string of the molecule is N#CCCN(C(=O)CSC1CCCC1)c1ccc2c(c1)OCCO2. The molecule has 1 aliphatic carbocycles. The maximum absolute atomic E-state index is 12.7. The van der Waals surface area contributed by atoms with Gasteiger partial charge >= 0.3 is 0 Å². The number of hydrogen-bond acceptors (Lipinski definition) is 5. The molecular weight excluding hydrogens is 324 g/mol. The second-order valence-electron chi connectivity index (χ2n) is 6.00. The molecule has 1 amide bonds. The Kier molecular flexibility index (Phi) is 5.86. The Morgan fingerprint density at radius 3 is 2.75 bits per heavy atom. The quantitative estimate of drug-likeness (QED) is 0.790. The summed E-state index contributed by atoms with van der Waals surface area (Å²) in [5, 5.41) is 9.50. The second-order valence-corrected chi connectivity index (χ2v) is 7.29. The van der Waals surface area contributed by atoms with Gasteiger partial charge in [0.2, 0.25) is 5.91 Å². The Labute approximate surface area is 146 Å². The normalized spacial score (nSPS) is 16.6. The van der Waals surface area contributed by atoms with Crippen LogP contribution in [0.3, 0.4) is 0 Å². The average Bonchev–Trinajstić information content (AvgIpc) is 3.13. The number of carbonyl (C=O) groups is 1. The van der Waals surface area contributed by atoms with Gasteiger partial charge in [-0.25, -0.2) is 0 Å². The van der Waals surface area contributed by atoms with Gasteiger partial charge in [0.05, 0.1) is 18.2 Å². The number of hydrogen-bond donors (Lipinski definition) is 0. The zero-order chi connectivity index (χ0) is 16.8. The maximum atomic E-state index is 12.7. The van der Waals surface area contributed by atoms with Crippen molar-refractivity contribution < 1.29 is 14.3 Å². The summed E-state index contributed by atoms with van der Waals surface area (Å²) in [5.74, 6) is 1.89. The van der Waals surface area contributed by atoms with Crippen LogP contribution in [0.2, 0.25) is 0 Å². The first-order chi connectivity index (χ1) is 11.8. The number of rotatable bonds is 6. The van der Waals surface area contributed by atoms with Crippen LogP contribution in [0, 0.1) is 11.3 Å². The third-order valence-corrected chi connectivity index (χ3v) is 5.69. The predicted octanol–water partition coefficient (Wildman–Crippen LogP) is 3.38. The number of amides is 1. The zero-order valence-electron chi connectivity index (χ0n) is 13.7. The van der Waals surface area contributed by atoms with Gasteiger partial charge in [0.1, 0.15) is 13.2 Å². The number of carbonyl (C=O) groups excluding carboxylic acids is 1. The molecule has 1 fully saturated rings. The number of thioether (sulfide) groups is 1. The van der Waals surface area contributed by atoms with Gasteiger partial charge in [-0.05, 0) is 25.0 Å². The van der Waals surface area contributed by atoms with Gasteiger partial charge in [-0.1, -0.05) is 12.8 Å². The van der Waals surface area contributed by atoms with Gasteiger partial charge in [0.15, 0.2) is 11.5 Å². The van der Waals surface area contributed by atoms with E-state index in [4.69, 9.17) is 14.7 Å². The van der Waals surface area contributed by atoms with Crippen LogP contribution in [0.4, 0.5) is 5.69 Å². The molecule has 2 aliphatic rings. The number of anilines is 1. The molecule has 3 rings (SSSR count). The minimum atomic E-state index is 0.0545. The highest BCUT2D eigenvalue weighted by molar-refractivity contribution is 8.00. The van der Waals surface area contributed by atoms with E-state index in [1.165, 1.54) is 25.7 Å². The molecule has 0 N–H and O–H groups in total. The van der Waals surface area contributed by atoms with E-state index >= 15 is 0 Å². The molecule has 1 aliphatic heterocycles. The molecule has 0 spiro atoms. The fourth-order valence-electron chi connectivity index (χ4n) is 3.08. The van der Waals surface area contributed by atoms with Crippen LogP contribution in [0.1, 0.15) is 32.1 Å². The predicted molar refractivity (Wildman–Crippen MR) is 94.7 cm³/mol. The highest BCUT2D eigenvalue weighted by Crippen LogP contribution is 2.35. The fraction of sp³-hybridized carbons (Fsp3) is 0.556. The van der Waals surface area contributed by atoms with Gasteiger partial charge in [-0.15, -0.1) is 11.8 Å². The molecule has 0 radical (unpaired) electrons. The van der Waals surface area contributed by atoms with E-state index < -0.39 is 0 Å². The first-order valence-electron chi connectivity index (χ1n) is 8.46. The first-order valence-corrected chi connectivity index (χ1v) is 9.51. The number of fused-ring (bicyclic) bond motifs is 1. The summed E-state index contributed by atoms with van der Waals surface area (Å²) in [4.78, 5) is 14.4. The van der Waals surface area contributed by atoms with Crippen LogP contribution < -0.4 is 14.4 Å². The van der Waals surface area contributed by atoms with Crippen molar-refractivity contribution in [3.05, 3.63) is 18.2 Å². The number of ether oxygens (including phenoxy) is 2. The molecule has 0 aromatic heterocycles. The zero-order valence-corrected chi connectivity index (χ0v) is 14.5. The van der Waals surface area contributed by atoms with Gasteiger partial charge in [0, 0.05) is 23.5 Å². The van der Waals surface area contributed by atoms with E-state index in [0.717, 1.165) is 5.69 Å². The van der Waals surface area contributed by atoms with Crippen molar-refractivity contribution in [3.63, 3.8) is 0 Å². The number of nitrogens with zero attached hydrogens (tertiary/aromatic N) is 2. The fourth-order valence-corrected chi connectivity index (χ4v) is 4.28. The molecule has 0 saturated heterocycles. The van der Waals surface area contributed by atoms with Crippen LogP contribution in [0.15, 0.2) is 18.2 Å². The van der Waals surface area contributed by atoms with E-state index in [2.05, 4.69) is 6.07 Å². The third kappa shape index (κ3) is 4.15. The topological polar surface area (TPSA) is 62.6 Å². The van der Waals surface area contributed by atoms with Crippen LogP contribution in [-0.2, 0) is 4.79 Å². The van der Waals surface area contributed by atoms with Gasteiger partial charge < -0.3 is 14.4 Å². The summed E-state index contributed by atoms with van der Waals surface area (Å²) in [6, 6.07) is 7.66. The lowest BCUT2D eigenvalue weighted by Crippen LogP contribution is -2.33. The lowest BCUT2D eigenvalue weighted by atomic mass is 10.2. The van der Waals surface area contributed by atoms with Crippen LogP contribution in [-0.4, -0.2) is 36.7 Å². The number of benzene rings is 1. The summed E-state index contributed by atoms with van der Waals surface area (Å²) in [6.07, 6.45) is 5.27.